The minimum Gasteiger partial charge on any atom is -0.352 e. The largest absolute Gasteiger partial charge is 0.352 e. The molecule has 4 rings (SSSR count). The lowest BCUT2D eigenvalue weighted by molar-refractivity contribution is -0.121. The maximum absolute atomic E-state index is 12.7. The molecule has 3 atom stereocenters. The van der Waals surface area contributed by atoms with E-state index in [-0.39, 0.29) is 11.2 Å². The summed E-state index contributed by atoms with van der Waals surface area (Å²) in [6.07, 6.45) is 10.6. The number of hydrogen-bond donors (Lipinski definition) is 1. The molecule has 0 spiro atoms. The first-order valence-corrected chi connectivity index (χ1v) is 10.8. The third-order valence-corrected chi connectivity index (χ3v) is 6.66. The highest BCUT2D eigenvalue weighted by Gasteiger charge is 2.32. The van der Waals surface area contributed by atoms with Crippen LogP contribution in [0.25, 0.3) is 11.4 Å². The van der Waals surface area contributed by atoms with Crippen molar-refractivity contribution in [2.24, 2.45) is 5.92 Å². The molecule has 27 heavy (non-hydrogen) atoms. The van der Waals surface area contributed by atoms with E-state index in [4.69, 9.17) is 0 Å². The van der Waals surface area contributed by atoms with Crippen LogP contribution in [0.4, 0.5) is 0 Å². The highest BCUT2D eigenvalue weighted by molar-refractivity contribution is 8.00. The number of aromatic nitrogens is 4. The van der Waals surface area contributed by atoms with Gasteiger partial charge in [-0.3, -0.25) is 14.3 Å². The molecular formula is C20H27N5OS. The fraction of sp³-hybridized carbons (Fsp3) is 0.600. The van der Waals surface area contributed by atoms with E-state index >= 15 is 0 Å². The normalized spacial score (nSPS) is 23.8. The van der Waals surface area contributed by atoms with Crippen molar-refractivity contribution in [1.82, 2.24) is 25.1 Å². The van der Waals surface area contributed by atoms with E-state index in [0.717, 1.165) is 35.8 Å². The van der Waals surface area contributed by atoms with Gasteiger partial charge >= 0.3 is 0 Å². The van der Waals surface area contributed by atoms with E-state index in [2.05, 4.69) is 32.0 Å². The van der Waals surface area contributed by atoms with E-state index in [1.165, 1.54) is 31.0 Å². The molecule has 2 aromatic rings. The molecule has 2 aliphatic carbocycles. The number of carbonyl (C=O) groups excluding carboxylic acids is 1. The summed E-state index contributed by atoms with van der Waals surface area (Å²) in [7, 11) is 0. The minimum absolute atomic E-state index is 0.106. The molecule has 0 bridgehead atoms. The average molecular weight is 386 g/mol. The molecule has 2 aromatic heterocycles. The van der Waals surface area contributed by atoms with Crippen LogP contribution in [0.15, 0.2) is 29.7 Å². The number of nitrogens with zero attached hydrogens (tertiary/aromatic N) is 4. The van der Waals surface area contributed by atoms with Crippen LogP contribution in [0.1, 0.15) is 58.4 Å². The monoisotopic (exact) mass is 385 g/mol. The molecular weight excluding hydrogens is 358 g/mol. The summed E-state index contributed by atoms with van der Waals surface area (Å²) < 4.78 is 2.20. The van der Waals surface area contributed by atoms with Crippen molar-refractivity contribution in [3.8, 4) is 11.4 Å². The van der Waals surface area contributed by atoms with Gasteiger partial charge in [0.15, 0.2) is 11.0 Å². The third-order valence-electron chi connectivity index (χ3n) is 5.61. The first kappa shape index (κ1) is 18.5. The Balaban J connectivity index is 1.47. The number of hydrogen-bond acceptors (Lipinski definition) is 5. The smallest absolute Gasteiger partial charge is 0.233 e. The van der Waals surface area contributed by atoms with Crippen molar-refractivity contribution in [2.45, 2.75) is 74.9 Å². The van der Waals surface area contributed by atoms with E-state index in [9.17, 15) is 4.79 Å². The Morgan fingerprint density at radius 2 is 1.93 bits per heavy atom. The van der Waals surface area contributed by atoms with Gasteiger partial charge in [0.1, 0.15) is 0 Å². The van der Waals surface area contributed by atoms with Gasteiger partial charge in [-0.2, -0.15) is 0 Å². The molecule has 0 saturated heterocycles. The maximum atomic E-state index is 12.7. The molecule has 0 aromatic carbocycles. The predicted molar refractivity (Wildman–Crippen MR) is 106 cm³/mol. The van der Waals surface area contributed by atoms with Crippen LogP contribution < -0.4 is 5.32 Å². The summed E-state index contributed by atoms with van der Waals surface area (Å²) in [5.74, 6) is 1.54. The molecule has 144 valence electrons. The van der Waals surface area contributed by atoms with Crippen molar-refractivity contribution in [1.29, 1.82) is 0 Å². The lowest BCUT2D eigenvalue weighted by atomic mass is 9.86. The number of rotatable bonds is 6. The highest BCUT2D eigenvalue weighted by Crippen LogP contribution is 2.41. The van der Waals surface area contributed by atoms with Crippen molar-refractivity contribution >= 4 is 17.7 Å². The van der Waals surface area contributed by atoms with Crippen LogP contribution in [-0.4, -0.2) is 36.9 Å². The molecule has 6 nitrogen and oxygen atoms in total. The van der Waals surface area contributed by atoms with Gasteiger partial charge in [0.2, 0.25) is 5.91 Å². The van der Waals surface area contributed by atoms with Crippen LogP contribution in [0.3, 0.4) is 0 Å². The van der Waals surface area contributed by atoms with Gasteiger partial charge < -0.3 is 5.32 Å². The molecule has 2 heterocycles. The van der Waals surface area contributed by atoms with E-state index in [1.54, 1.807) is 12.4 Å². The number of carbonyl (C=O) groups is 1. The second kappa shape index (κ2) is 8.00. The standard InChI is InChI=1S/C20H27N5OS/c1-13-5-3-4-6-17(13)22-19(26)14(2)27-20-24-23-18(25(20)16-7-8-16)15-9-11-21-12-10-15/h9-14,16-17H,3-8H2,1-2H3,(H,22,26)/t13-,14-,17-/m1/s1. The molecule has 2 saturated carbocycles. The van der Waals surface area contributed by atoms with Gasteiger partial charge in [-0.15, -0.1) is 10.2 Å². The topological polar surface area (TPSA) is 72.7 Å². The lowest BCUT2D eigenvalue weighted by Crippen LogP contribution is -2.44. The maximum Gasteiger partial charge on any atom is 0.233 e. The Morgan fingerprint density at radius 3 is 2.63 bits per heavy atom. The van der Waals surface area contributed by atoms with Crippen molar-refractivity contribution in [3.63, 3.8) is 0 Å². The van der Waals surface area contributed by atoms with Crippen LogP contribution in [-0.2, 0) is 4.79 Å². The summed E-state index contributed by atoms with van der Waals surface area (Å²) in [6, 6.07) is 4.66. The summed E-state index contributed by atoms with van der Waals surface area (Å²) in [5, 5.41) is 12.7. The molecule has 7 heteroatoms. The van der Waals surface area contributed by atoms with Crippen LogP contribution >= 0.6 is 11.8 Å². The van der Waals surface area contributed by atoms with E-state index in [0.29, 0.717) is 18.0 Å². The zero-order chi connectivity index (χ0) is 18.8. The van der Waals surface area contributed by atoms with Crippen molar-refractivity contribution in [3.05, 3.63) is 24.5 Å². The number of thioether (sulfide) groups is 1. The lowest BCUT2D eigenvalue weighted by Gasteiger charge is -2.30. The molecule has 2 fully saturated rings. The zero-order valence-electron chi connectivity index (χ0n) is 16.0. The first-order valence-electron chi connectivity index (χ1n) is 9.96. The van der Waals surface area contributed by atoms with Gasteiger partial charge in [-0.05, 0) is 50.7 Å². The molecule has 0 unspecified atom stereocenters. The highest BCUT2D eigenvalue weighted by atomic mass is 32.2. The average Bonchev–Trinajstić information content (AvgIpc) is 3.44. The summed E-state index contributed by atoms with van der Waals surface area (Å²) >= 11 is 1.51. The Kier molecular flexibility index (Phi) is 5.48. The van der Waals surface area contributed by atoms with Gasteiger partial charge in [0.05, 0.1) is 5.25 Å². The number of pyridine rings is 1. The molecule has 0 aliphatic heterocycles. The van der Waals surface area contributed by atoms with E-state index < -0.39 is 0 Å². The number of amides is 1. The quantitative estimate of drug-likeness (QED) is 0.765. The summed E-state index contributed by atoms with van der Waals surface area (Å²) in [6.45, 7) is 4.21. The molecule has 2 aliphatic rings. The number of nitrogens with one attached hydrogen (secondary N) is 1. The minimum atomic E-state index is -0.189. The van der Waals surface area contributed by atoms with Crippen LogP contribution in [0, 0.1) is 5.92 Å². The fourth-order valence-corrected chi connectivity index (χ4v) is 4.69. The fourth-order valence-electron chi connectivity index (χ4n) is 3.76. The molecule has 1 N–H and O–H groups in total. The van der Waals surface area contributed by atoms with Crippen molar-refractivity contribution in [2.75, 3.05) is 0 Å². The van der Waals surface area contributed by atoms with Gasteiger partial charge in [0.25, 0.3) is 0 Å². The Morgan fingerprint density at radius 1 is 1.19 bits per heavy atom. The zero-order valence-corrected chi connectivity index (χ0v) is 16.8. The molecule has 1 amide bonds. The summed E-state index contributed by atoms with van der Waals surface area (Å²) in [5.41, 5.74) is 1.02. The SMILES string of the molecule is C[C@@H]1CCCC[C@H]1NC(=O)[C@@H](C)Sc1nnc(-c2ccncc2)n1C1CC1. The predicted octanol–water partition coefficient (Wildman–Crippen LogP) is 3.85. The van der Waals surface area contributed by atoms with E-state index in [1.807, 2.05) is 19.1 Å². The summed E-state index contributed by atoms with van der Waals surface area (Å²) in [4.78, 5) is 16.8. The van der Waals surface area contributed by atoms with Gasteiger partial charge in [0, 0.05) is 30.0 Å². The van der Waals surface area contributed by atoms with Gasteiger partial charge in [-0.1, -0.05) is 31.5 Å². The van der Waals surface area contributed by atoms with Crippen molar-refractivity contribution < 1.29 is 4.79 Å². The second-order valence-corrected chi connectivity index (χ2v) is 9.09. The van der Waals surface area contributed by atoms with Crippen LogP contribution in [0.2, 0.25) is 0 Å². The Hall–Kier alpha value is -1.89. The van der Waals surface area contributed by atoms with Crippen LogP contribution in [0.5, 0.6) is 0 Å². The first-order chi connectivity index (χ1) is 13.1. The Bertz CT molecular complexity index is 789. The Labute approximate surface area is 164 Å². The molecule has 0 radical (unpaired) electrons. The third kappa shape index (κ3) is 4.18. The van der Waals surface area contributed by atoms with Gasteiger partial charge in [-0.25, -0.2) is 0 Å². The second-order valence-electron chi connectivity index (χ2n) is 7.78.